The van der Waals surface area contributed by atoms with Gasteiger partial charge in [0.1, 0.15) is 0 Å². The Kier molecular flexibility index (Phi) is 5.03. The number of aryl methyl sites for hydroxylation is 1. The second-order valence-corrected chi connectivity index (χ2v) is 8.67. The molecule has 3 rings (SSSR count). The minimum absolute atomic E-state index is 0.0637. The molecular weight excluding hydrogens is 388 g/mol. The third-order valence-electron chi connectivity index (χ3n) is 4.04. The first-order valence-electron chi connectivity index (χ1n) is 8.06. The molecule has 27 heavy (non-hydrogen) atoms. The lowest BCUT2D eigenvalue weighted by molar-refractivity contribution is 0.100. The number of aromatic nitrogens is 2. The summed E-state index contributed by atoms with van der Waals surface area (Å²) in [6.07, 6.45) is 4.28. The van der Waals surface area contributed by atoms with Crippen LogP contribution in [0.2, 0.25) is 5.02 Å². The lowest BCUT2D eigenvalue weighted by atomic mass is 10.1. The Bertz CT molecular complexity index is 1160. The molecule has 1 amide bonds. The van der Waals surface area contributed by atoms with Crippen LogP contribution in [-0.2, 0) is 9.84 Å². The molecule has 1 aromatic carbocycles. The molecule has 0 aliphatic heterocycles. The van der Waals surface area contributed by atoms with E-state index in [9.17, 15) is 13.2 Å². The fourth-order valence-corrected chi connectivity index (χ4v) is 4.05. The molecule has 0 radical (unpaired) electrons. The lowest BCUT2D eigenvalue weighted by Gasteiger charge is -2.15. The number of anilines is 2. The van der Waals surface area contributed by atoms with Gasteiger partial charge in [-0.25, -0.2) is 8.42 Å². The van der Waals surface area contributed by atoms with Gasteiger partial charge in [0, 0.05) is 17.8 Å². The first kappa shape index (κ1) is 19.1. The van der Waals surface area contributed by atoms with Crippen molar-refractivity contribution in [3.8, 4) is 0 Å². The molecule has 0 saturated heterocycles. The summed E-state index contributed by atoms with van der Waals surface area (Å²) >= 11 is 5.97. The molecule has 140 valence electrons. The first-order valence-corrected chi connectivity index (χ1v) is 10.1. The first-order chi connectivity index (χ1) is 12.7. The Morgan fingerprint density at radius 1 is 1.22 bits per heavy atom. The zero-order chi connectivity index (χ0) is 19.8. The van der Waals surface area contributed by atoms with Gasteiger partial charge in [-0.15, -0.1) is 0 Å². The SMILES string of the molecule is CCS(=O)(=O)c1cc(C)cc2c(Nc3cncc(Cl)c3)c(C(N)=O)cnc12. The van der Waals surface area contributed by atoms with Crippen LogP contribution >= 0.6 is 11.6 Å². The van der Waals surface area contributed by atoms with Crippen LogP contribution < -0.4 is 11.1 Å². The van der Waals surface area contributed by atoms with Gasteiger partial charge in [-0.2, -0.15) is 0 Å². The van der Waals surface area contributed by atoms with Crippen molar-refractivity contribution in [2.45, 2.75) is 18.7 Å². The van der Waals surface area contributed by atoms with Gasteiger partial charge in [0.25, 0.3) is 5.91 Å². The second-order valence-electron chi connectivity index (χ2n) is 5.99. The molecule has 0 saturated carbocycles. The quantitative estimate of drug-likeness (QED) is 0.674. The molecule has 9 heteroatoms. The van der Waals surface area contributed by atoms with Crippen LogP contribution in [0.5, 0.6) is 0 Å². The molecule has 3 N–H and O–H groups in total. The summed E-state index contributed by atoms with van der Waals surface area (Å²) in [7, 11) is -3.52. The Morgan fingerprint density at radius 3 is 2.59 bits per heavy atom. The third-order valence-corrected chi connectivity index (χ3v) is 5.98. The van der Waals surface area contributed by atoms with Crippen molar-refractivity contribution in [3.63, 3.8) is 0 Å². The maximum atomic E-state index is 12.5. The Hall–Kier alpha value is -2.71. The maximum absolute atomic E-state index is 12.5. The van der Waals surface area contributed by atoms with Gasteiger partial charge in [0.2, 0.25) is 0 Å². The van der Waals surface area contributed by atoms with Crippen LogP contribution in [0, 0.1) is 6.92 Å². The number of carbonyl (C=O) groups is 1. The Labute approximate surface area is 161 Å². The van der Waals surface area contributed by atoms with Crippen molar-refractivity contribution >= 4 is 49.6 Å². The van der Waals surface area contributed by atoms with E-state index in [0.717, 1.165) is 0 Å². The van der Waals surface area contributed by atoms with Gasteiger partial charge in [-0.05, 0) is 30.7 Å². The number of primary amides is 1. The molecule has 2 aromatic heterocycles. The summed E-state index contributed by atoms with van der Waals surface area (Å²) in [5.74, 6) is -0.755. The van der Waals surface area contributed by atoms with E-state index in [1.807, 2.05) is 0 Å². The molecule has 7 nitrogen and oxygen atoms in total. The number of hydrogen-bond donors (Lipinski definition) is 2. The summed E-state index contributed by atoms with van der Waals surface area (Å²) in [6.45, 7) is 3.34. The predicted molar refractivity (Wildman–Crippen MR) is 105 cm³/mol. The highest BCUT2D eigenvalue weighted by molar-refractivity contribution is 7.91. The summed E-state index contributed by atoms with van der Waals surface area (Å²) in [6, 6.07) is 4.96. The van der Waals surface area contributed by atoms with E-state index < -0.39 is 15.7 Å². The Balaban J connectivity index is 2.35. The van der Waals surface area contributed by atoms with Crippen molar-refractivity contribution in [1.82, 2.24) is 9.97 Å². The number of nitrogens with two attached hydrogens (primary N) is 1. The standard InChI is InChI=1S/C18H17ClN4O3S/c1-3-27(25,26)15-5-10(2)4-13-16(14(18(20)24)9-22-17(13)15)23-12-6-11(19)7-21-8-12/h4-9H,3H2,1-2H3,(H2,20,24)(H,22,23). The number of pyridine rings is 2. The molecular formula is C18H17ClN4O3S. The van der Waals surface area contributed by atoms with E-state index in [2.05, 4.69) is 15.3 Å². The largest absolute Gasteiger partial charge is 0.365 e. The van der Waals surface area contributed by atoms with Crippen LogP contribution in [0.15, 0.2) is 41.7 Å². The lowest BCUT2D eigenvalue weighted by Crippen LogP contribution is -2.15. The third kappa shape index (κ3) is 3.72. The zero-order valence-electron chi connectivity index (χ0n) is 14.7. The molecule has 0 aliphatic carbocycles. The van der Waals surface area contributed by atoms with Crippen molar-refractivity contribution < 1.29 is 13.2 Å². The van der Waals surface area contributed by atoms with E-state index in [1.54, 1.807) is 32.0 Å². The normalized spacial score (nSPS) is 11.5. The van der Waals surface area contributed by atoms with Crippen molar-refractivity contribution in [2.75, 3.05) is 11.1 Å². The van der Waals surface area contributed by atoms with Crippen LogP contribution in [0.4, 0.5) is 11.4 Å². The second kappa shape index (κ2) is 7.13. The highest BCUT2D eigenvalue weighted by atomic mass is 35.5. The van der Waals surface area contributed by atoms with Crippen LogP contribution in [0.25, 0.3) is 10.9 Å². The van der Waals surface area contributed by atoms with E-state index in [0.29, 0.717) is 27.3 Å². The smallest absolute Gasteiger partial charge is 0.252 e. The van der Waals surface area contributed by atoms with Gasteiger partial charge in [-0.1, -0.05) is 18.5 Å². The average Bonchev–Trinajstić information content (AvgIpc) is 2.61. The fourth-order valence-electron chi connectivity index (χ4n) is 2.75. The topological polar surface area (TPSA) is 115 Å². The predicted octanol–water partition coefficient (Wildman–Crippen LogP) is 3.23. The van der Waals surface area contributed by atoms with E-state index >= 15 is 0 Å². The van der Waals surface area contributed by atoms with Crippen molar-refractivity contribution in [3.05, 3.63) is 52.9 Å². The molecule has 2 heterocycles. The van der Waals surface area contributed by atoms with Gasteiger partial charge in [-0.3, -0.25) is 14.8 Å². The van der Waals surface area contributed by atoms with Crippen molar-refractivity contribution in [1.29, 1.82) is 0 Å². The molecule has 0 atom stereocenters. The number of amides is 1. The Morgan fingerprint density at radius 2 is 1.96 bits per heavy atom. The van der Waals surface area contributed by atoms with Gasteiger partial charge in [0.15, 0.2) is 9.84 Å². The van der Waals surface area contributed by atoms with E-state index in [1.165, 1.54) is 18.6 Å². The fraction of sp³-hybridized carbons (Fsp3) is 0.167. The number of fused-ring (bicyclic) bond motifs is 1. The molecule has 0 bridgehead atoms. The number of halogens is 1. The molecule has 0 spiro atoms. The van der Waals surface area contributed by atoms with Gasteiger partial charge in [0.05, 0.1) is 44.3 Å². The van der Waals surface area contributed by atoms with Crippen LogP contribution in [-0.4, -0.2) is 30.0 Å². The summed E-state index contributed by atoms with van der Waals surface area (Å²) in [5, 5.41) is 3.96. The van der Waals surface area contributed by atoms with E-state index in [-0.39, 0.29) is 21.7 Å². The number of sulfone groups is 1. The highest BCUT2D eigenvalue weighted by Crippen LogP contribution is 2.33. The number of nitrogens with zero attached hydrogens (tertiary/aromatic N) is 2. The summed E-state index contributed by atoms with van der Waals surface area (Å²) in [4.78, 5) is 20.3. The minimum atomic E-state index is -3.52. The average molecular weight is 405 g/mol. The summed E-state index contributed by atoms with van der Waals surface area (Å²) in [5.41, 5.74) is 7.49. The van der Waals surface area contributed by atoms with Gasteiger partial charge < -0.3 is 11.1 Å². The monoisotopic (exact) mass is 404 g/mol. The summed E-state index contributed by atoms with van der Waals surface area (Å²) < 4.78 is 25.0. The number of nitrogens with one attached hydrogen (secondary N) is 1. The molecule has 0 aliphatic rings. The molecule has 0 fully saturated rings. The zero-order valence-corrected chi connectivity index (χ0v) is 16.2. The highest BCUT2D eigenvalue weighted by Gasteiger charge is 2.21. The minimum Gasteiger partial charge on any atom is -0.365 e. The van der Waals surface area contributed by atoms with Crippen LogP contribution in [0.3, 0.4) is 0 Å². The molecule has 0 unspecified atom stereocenters. The van der Waals surface area contributed by atoms with Gasteiger partial charge >= 0.3 is 0 Å². The van der Waals surface area contributed by atoms with E-state index in [4.69, 9.17) is 17.3 Å². The van der Waals surface area contributed by atoms with Crippen molar-refractivity contribution in [2.24, 2.45) is 5.73 Å². The number of carbonyl (C=O) groups excluding carboxylic acids is 1. The van der Waals surface area contributed by atoms with Crippen LogP contribution in [0.1, 0.15) is 22.8 Å². The number of rotatable bonds is 5. The molecule has 3 aromatic rings. The number of benzene rings is 1. The maximum Gasteiger partial charge on any atom is 0.252 e. The number of hydrogen-bond acceptors (Lipinski definition) is 6.